The van der Waals surface area contributed by atoms with Crippen LogP contribution in [0.15, 0.2) is 71.3 Å². The summed E-state index contributed by atoms with van der Waals surface area (Å²) in [7, 11) is 0. The van der Waals surface area contributed by atoms with Crippen molar-refractivity contribution in [2.45, 2.75) is 0 Å². The van der Waals surface area contributed by atoms with Gasteiger partial charge in [-0.1, -0.05) is 24.3 Å². The third-order valence-corrected chi connectivity index (χ3v) is 3.94. The average Bonchev–Trinajstić information content (AvgIpc) is 3.18. The molecule has 26 heavy (non-hydrogen) atoms. The molecule has 4 nitrogen and oxygen atoms in total. The van der Waals surface area contributed by atoms with Crippen molar-refractivity contribution in [1.29, 1.82) is 0 Å². The third-order valence-electron chi connectivity index (χ3n) is 3.94. The van der Waals surface area contributed by atoms with E-state index in [-0.39, 0.29) is 5.56 Å². The van der Waals surface area contributed by atoms with E-state index in [1.165, 1.54) is 18.4 Å². The van der Waals surface area contributed by atoms with Gasteiger partial charge in [-0.2, -0.15) is 0 Å². The zero-order valence-corrected chi connectivity index (χ0v) is 13.4. The van der Waals surface area contributed by atoms with Crippen molar-refractivity contribution in [3.63, 3.8) is 0 Å². The Labute approximate surface area is 147 Å². The van der Waals surface area contributed by atoms with E-state index in [0.717, 1.165) is 12.1 Å². The van der Waals surface area contributed by atoms with Gasteiger partial charge in [0.2, 0.25) is 0 Å². The highest BCUT2D eigenvalue weighted by molar-refractivity contribution is 6.13. The predicted molar refractivity (Wildman–Crippen MR) is 93.8 cm³/mol. The second-order valence-corrected chi connectivity index (χ2v) is 5.60. The first-order chi connectivity index (χ1) is 12.6. The highest BCUT2D eigenvalue weighted by Gasteiger charge is 2.18. The lowest BCUT2D eigenvalue weighted by Crippen LogP contribution is -2.15. The fourth-order valence-electron chi connectivity index (χ4n) is 2.71. The molecule has 0 aliphatic carbocycles. The molecule has 0 aliphatic heterocycles. The molecule has 6 heteroatoms. The largest absolute Gasteiger partial charge is 0.463 e. The lowest BCUT2D eigenvalue weighted by atomic mass is 10.1. The summed E-state index contributed by atoms with van der Waals surface area (Å²) >= 11 is 0. The zero-order valence-electron chi connectivity index (χ0n) is 13.4. The first-order valence-electron chi connectivity index (χ1n) is 7.82. The molecular formula is C20H12F2N2O2. The molecule has 4 aromatic rings. The van der Waals surface area contributed by atoms with Crippen LogP contribution in [0, 0.1) is 11.6 Å². The Balaban J connectivity index is 1.83. The number of amides is 1. The SMILES string of the molecule is O=C(Nc1c(F)cccc1F)c1cc(-c2ccco2)nc2ccccc12. The topological polar surface area (TPSA) is 55.1 Å². The van der Waals surface area contributed by atoms with Gasteiger partial charge in [0.15, 0.2) is 5.76 Å². The van der Waals surface area contributed by atoms with Crippen molar-refractivity contribution < 1.29 is 18.0 Å². The highest BCUT2D eigenvalue weighted by Crippen LogP contribution is 2.26. The van der Waals surface area contributed by atoms with Crippen LogP contribution < -0.4 is 5.32 Å². The van der Waals surface area contributed by atoms with Crippen LogP contribution in [0.3, 0.4) is 0 Å². The predicted octanol–water partition coefficient (Wildman–Crippen LogP) is 5.03. The van der Waals surface area contributed by atoms with Crippen LogP contribution in [-0.2, 0) is 0 Å². The van der Waals surface area contributed by atoms with Gasteiger partial charge < -0.3 is 9.73 Å². The molecule has 0 radical (unpaired) electrons. The normalized spacial score (nSPS) is 10.8. The van der Waals surface area contributed by atoms with Gasteiger partial charge in [-0.05, 0) is 36.4 Å². The van der Waals surface area contributed by atoms with Gasteiger partial charge in [-0.15, -0.1) is 0 Å². The van der Waals surface area contributed by atoms with Crippen LogP contribution in [-0.4, -0.2) is 10.9 Å². The minimum Gasteiger partial charge on any atom is -0.463 e. The minimum atomic E-state index is -0.844. The molecule has 0 saturated carbocycles. The van der Waals surface area contributed by atoms with Crippen LogP contribution in [0.2, 0.25) is 0 Å². The van der Waals surface area contributed by atoms with E-state index in [9.17, 15) is 13.6 Å². The maximum absolute atomic E-state index is 13.9. The third kappa shape index (κ3) is 2.82. The molecule has 1 amide bonds. The number of rotatable bonds is 3. The number of carbonyl (C=O) groups is 1. The van der Waals surface area contributed by atoms with Crippen molar-refractivity contribution in [2.24, 2.45) is 0 Å². The number of nitrogens with zero attached hydrogens (tertiary/aromatic N) is 1. The fourth-order valence-corrected chi connectivity index (χ4v) is 2.71. The monoisotopic (exact) mass is 350 g/mol. The van der Waals surface area contributed by atoms with Gasteiger partial charge in [0.1, 0.15) is 23.0 Å². The van der Waals surface area contributed by atoms with Crippen LogP contribution in [0.5, 0.6) is 0 Å². The number of carbonyl (C=O) groups excluding carboxylic acids is 1. The van der Waals surface area contributed by atoms with E-state index < -0.39 is 23.2 Å². The molecule has 128 valence electrons. The summed E-state index contributed by atoms with van der Waals surface area (Å²) in [5, 5.41) is 2.88. The molecule has 0 spiro atoms. The standard InChI is InChI=1S/C20H12F2N2O2/c21-14-6-3-7-15(22)19(14)24-20(25)13-11-17(18-9-4-10-26-18)23-16-8-2-1-5-12(13)16/h1-11H,(H,24,25). The molecular weight excluding hydrogens is 338 g/mol. The summed E-state index contributed by atoms with van der Waals surface area (Å²) in [6.45, 7) is 0. The molecule has 0 unspecified atom stereocenters. The van der Waals surface area contributed by atoms with Gasteiger partial charge >= 0.3 is 0 Å². The molecule has 0 fully saturated rings. The van der Waals surface area contributed by atoms with E-state index in [0.29, 0.717) is 22.4 Å². The zero-order chi connectivity index (χ0) is 18.1. The van der Waals surface area contributed by atoms with Gasteiger partial charge in [0.05, 0.1) is 17.3 Å². The molecule has 2 aromatic heterocycles. The van der Waals surface area contributed by atoms with Crippen LogP contribution in [0.25, 0.3) is 22.4 Å². The van der Waals surface area contributed by atoms with E-state index in [1.807, 2.05) is 0 Å². The van der Waals surface area contributed by atoms with E-state index in [1.54, 1.807) is 36.4 Å². The lowest BCUT2D eigenvalue weighted by Gasteiger charge is -2.11. The van der Waals surface area contributed by atoms with Crippen LogP contribution in [0.1, 0.15) is 10.4 Å². The Bertz CT molecular complexity index is 1090. The number of fused-ring (bicyclic) bond motifs is 1. The van der Waals surface area contributed by atoms with E-state index in [2.05, 4.69) is 10.3 Å². The maximum atomic E-state index is 13.9. The number of pyridine rings is 1. The molecule has 1 N–H and O–H groups in total. The number of aromatic nitrogens is 1. The smallest absolute Gasteiger partial charge is 0.256 e. The maximum Gasteiger partial charge on any atom is 0.256 e. The van der Waals surface area contributed by atoms with Crippen LogP contribution >= 0.6 is 0 Å². The number of hydrogen-bond donors (Lipinski definition) is 1. The van der Waals surface area contributed by atoms with Gasteiger partial charge in [-0.3, -0.25) is 4.79 Å². The number of hydrogen-bond acceptors (Lipinski definition) is 3. The second kappa shape index (κ2) is 6.40. The van der Waals surface area contributed by atoms with Crippen molar-refractivity contribution in [3.05, 3.63) is 84.1 Å². The Hall–Kier alpha value is -3.54. The number of nitrogens with one attached hydrogen (secondary N) is 1. The molecule has 2 heterocycles. The molecule has 0 aliphatic rings. The van der Waals surface area contributed by atoms with Gasteiger partial charge in [0.25, 0.3) is 5.91 Å². The fraction of sp³-hybridized carbons (Fsp3) is 0. The van der Waals surface area contributed by atoms with E-state index >= 15 is 0 Å². The van der Waals surface area contributed by atoms with Crippen molar-refractivity contribution >= 4 is 22.5 Å². The molecule has 0 atom stereocenters. The molecule has 4 rings (SSSR count). The Morgan fingerprint density at radius 2 is 1.73 bits per heavy atom. The van der Waals surface area contributed by atoms with Crippen molar-refractivity contribution in [2.75, 3.05) is 5.32 Å². The summed E-state index contributed by atoms with van der Waals surface area (Å²) < 4.78 is 33.1. The van der Waals surface area contributed by atoms with Crippen molar-refractivity contribution in [3.8, 4) is 11.5 Å². The summed E-state index contributed by atoms with van der Waals surface area (Å²) in [5.41, 5.74) is 0.774. The number of halogens is 2. The summed E-state index contributed by atoms with van der Waals surface area (Å²) in [6.07, 6.45) is 1.50. The number of anilines is 1. The molecule has 2 aromatic carbocycles. The highest BCUT2D eigenvalue weighted by atomic mass is 19.1. The quantitative estimate of drug-likeness (QED) is 0.564. The average molecular weight is 350 g/mol. The number of para-hydroxylation sites is 2. The number of benzene rings is 2. The molecule has 0 bridgehead atoms. The number of furan rings is 1. The van der Waals surface area contributed by atoms with E-state index in [4.69, 9.17) is 4.42 Å². The first kappa shape index (κ1) is 16.0. The molecule has 0 saturated heterocycles. The van der Waals surface area contributed by atoms with Crippen molar-refractivity contribution in [1.82, 2.24) is 4.98 Å². The summed E-state index contributed by atoms with van der Waals surface area (Å²) in [5.74, 6) is -1.84. The second-order valence-electron chi connectivity index (χ2n) is 5.60. The Kier molecular flexibility index (Phi) is 3.93. The Morgan fingerprint density at radius 1 is 0.962 bits per heavy atom. The van der Waals surface area contributed by atoms with Crippen LogP contribution in [0.4, 0.5) is 14.5 Å². The van der Waals surface area contributed by atoms with Gasteiger partial charge in [0, 0.05) is 5.39 Å². The Morgan fingerprint density at radius 3 is 2.46 bits per heavy atom. The summed E-state index contributed by atoms with van der Waals surface area (Å²) in [4.78, 5) is 17.2. The lowest BCUT2D eigenvalue weighted by molar-refractivity contribution is 0.102. The minimum absolute atomic E-state index is 0.240. The van der Waals surface area contributed by atoms with Gasteiger partial charge in [-0.25, -0.2) is 13.8 Å². The first-order valence-corrected chi connectivity index (χ1v) is 7.82. The summed E-state index contributed by atoms with van der Waals surface area (Å²) in [6, 6.07) is 15.4.